The van der Waals surface area contributed by atoms with Crippen molar-refractivity contribution >= 4 is 55.2 Å². The lowest BCUT2D eigenvalue weighted by Crippen LogP contribution is -2.14. The smallest absolute Gasteiger partial charge is 0.230 e. The van der Waals surface area contributed by atoms with Crippen LogP contribution in [0.2, 0.25) is 5.02 Å². The molecule has 27 heavy (non-hydrogen) atoms. The van der Waals surface area contributed by atoms with E-state index in [-0.39, 0.29) is 17.2 Å². The van der Waals surface area contributed by atoms with Crippen LogP contribution in [0.5, 0.6) is 0 Å². The van der Waals surface area contributed by atoms with Gasteiger partial charge in [-0.05, 0) is 48.5 Å². The van der Waals surface area contributed by atoms with E-state index in [0.29, 0.717) is 27.2 Å². The van der Waals surface area contributed by atoms with Crippen molar-refractivity contribution in [3.05, 3.63) is 64.6 Å². The maximum atomic E-state index is 12.1. The van der Waals surface area contributed by atoms with Gasteiger partial charge in [0, 0.05) is 28.0 Å². The standard InChI is InChI=1S/C18H16ClN3O3S2/c1-27(24,25)16-8-6-14(7-9-16)21-18-22-15(11-26-18)10-17(23)20-13-4-2-12(19)3-5-13/h2-9,11H,10H2,1H3,(H,20,23)(H,21,22). The third-order valence-corrected chi connectivity index (χ3v) is 5.74. The second-order valence-corrected chi connectivity index (χ2v) is 9.11. The molecule has 1 heterocycles. The average molecular weight is 422 g/mol. The SMILES string of the molecule is CS(=O)(=O)c1ccc(Nc2nc(CC(=O)Nc3ccc(Cl)cc3)cs2)cc1. The Kier molecular flexibility index (Phi) is 5.79. The topological polar surface area (TPSA) is 88.2 Å². The van der Waals surface area contributed by atoms with Crippen LogP contribution in [-0.4, -0.2) is 25.6 Å². The Morgan fingerprint density at radius 3 is 2.33 bits per heavy atom. The third kappa shape index (κ3) is 5.53. The highest BCUT2D eigenvalue weighted by Gasteiger charge is 2.10. The molecule has 0 aliphatic heterocycles. The number of anilines is 3. The van der Waals surface area contributed by atoms with Crippen LogP contribution in [0, 0.1) is 0 Å². The molecule has 6 nitrogen and oxygen atoms in total. The van der Waals surface area contributed by atoms with Gasteiger partial charge in [0.25, 0.3) is 0 Å². The van der Waals surface area contributed by atoms with Crippen molar-refractivity contribution in [1.29, 1.82) is 0 Å². The summed E-state index contributed by atoms with van der Waals surface area (Å²) in [5.41, 5.74) is 2.03. The van der Waals surface area contributed by atoms with E-state index in [4.69, 9.17) is 11.6 Å². The largest absolute Gasteiger partial charge is 0.332 e. The quantitative estimate of drug-likeness (QED) is 0.624. The van der Waals surface area contributed by atoms with Gasteiger partial charge in [0.1, 0.15) is 0 Å². The van der Waals surface area contributed by atoms with Crippen molar-refractivity contribution in [1.82, 2.24) is 4.98 Å². The Morgan fingerprint density at radius 1 is 1.07 bits per heavy atom. The van der Waals surface area contributed by atoms with Crippen molar-refractivity contribution in [3.8, 4) is 0 Å². The summed E-state index contributed by atoms with van der Waals surface area (Å²) in [7, 11) is -3.22. The fourth-order valence-electron chi connectivity index (χ4n) is 2.26. The molecule has 0 saturated heterocycles. The van der Waals surface area contributed by atoms with Crippen LogP contribution in [0.3, 0.4) is 0 Å². The Bertz CT molecular complexity index is 1050. The van der Waals surface area contributed by atoms with E-state index in [1.54, 1.807) is 41.8 Å². The average Bonchev–Trinajstić information content (AvgIpc) is 3.03. The maximum Gasteiger partial charge on any atom is 0.230 e. The molecule has 9 heteroatoms. The molecule has 1 aromatic heterocycles. The summed E-state index contributed by atoms with van der Waals surface area (Å²) in [5.74, 6) is -0.174. The first-order chi connectivity index (χ1) is 12.8. The summed E-state index contributed by atoms with van der Waals surface area (Å²) in [5, 5.41) is 8.91. The van der Waals surface area contributed by atoms with E-state index in [0.717, 1.165) is 6.26 Å². The number of thiazole rings is 1. The van der Waals surface area contributed by atoms with Gasteiger partial charge >= 0.3 is 0 Å². The normalized spacial score (nSPS) is 11.2. The zero-order valence-electron chi connectivity index (χ0n) is 14.3. The van der Waals surface area contributed by atoms with Crippen LogP contribution in [0.4, 0.5) is 16.5 Å². The fraction of sp³-hybridized carbons (Fsp3) is 0.111. The minimum atomic E-state index is -3.22. The monoisotopic (exact) mass is 421 g/mol. The predicted molar refractivity (Wildman–Crippen MR) is 109 cm³/mol. The van der Waals surface area contributed by atoms with E-state index in [1.807, 2.05) is 0 Å². The molecule has 0 aliphatic carbocycles. The predicted octanol–water partition coefficient (Wildman–Crippen LogP) is 4.12. The minimum Gasteiger partial charge on any atom is -0.332 e. The fourth-order valence-corrected chi connectivity index (χ4v) is 3.74. The summed E-state index contributed by atoms with van der Waals surface area (Å²) in [6, 6.07) is 13.3. The van der Waals surface area contributed by atoms with Crippen LogP contribution in [0.15, 0.2) is 58.8 Å². The maximum absolute atomic E-state index is 12.1. The molecule has 0 unspecified atom stereocenters. The van der Waals surface area contributed by atoms with Crippen LogP contribution in [0.1, 0.15) is 5.69 Å². The van der Waals surface area contributed by atoms with Crippen LogP contribution in [-0.2, 0) is 21.1 Å². The molecule has 1 amide bonds. The molecule has 0 atom stereocenters. The van der Waals surface area contributed by atoms with E-state index in [1.165, 1.54) is 23.5 Å². The molecule has 0 bridgehead atoms. The number of hydrogen-bond donors (Lipinski definition) is 2. The number of carbonyl (C=O) groups is 1. The van der Waals surface area contributed by atoms with Crippen molar-refractivity contribution in [3.63, 3.8) is 0 Å². The second-order valence-electron chi connectivity index (χ2n) is 5.80. The number of aromatic nitrogens is 1. The Morgan fingerprint density at radius 2 is 1.70 bits per heavy atom. The van der Waals surface area contributed by atoms with Gasteiger partial charge in [-0.25, -0.2) is 13.4 Å². The molecule has 2 aromatic carbocycles. The van der Waals surface area contributed by atoms with Crippen molar-refractivity contribution < 1.29 is 13.2 Å². The molecule has 0 fully saturated rings. The van der Waals surface area contributed by atoms with Gasteiger partial charge in [-0.3, -0.25) is 4.79 Å². The Balaban J connectivity index is 1.59. The first-order valence-corrected chi connectivity index (χ1v) is 11.0. The molecule has 3 aromatic rings. The Labute approximate surface area is 166 Å². The Hall–Kier alpha value is -2.42. The molecular weight excluding hydrogens is 406 g/mol. The number of benzene rings is 2. The number of hydrogen-bond acceptors (Lipinski definition) is 6. The molecule has 0 spiro atoms. The summed E-state index contributed by atoms with van der Waals surface area (Å²) in [6.45, 7) is 0. The summed E-state index contributed by atoms with van der Waals surface area (Å²) in [6.07, 6.45) is 1.31. The number of nitrogens with zero attached hydrogens (tertiary/aromatic N) is 1. The number of carbonyl (C=O) groups excluding carboxylic acids is 1. The molecule has 0 aliphatic rings. The summed E-state index contributed by atoms with van der Waals surface area (Å²) < 4.78 is 23.0. The highest BCUT2D eigenvalue weighted by Crippen LogP contribution is 2.23. The van der Waals surface area contributed by atoms with E-state index in [9.17, 15) is 13.2 Å². The number of rotatable bonds is 6. The molecule has 2 N–H and O–H groups in total. The number of sulfone groups is 1. The highest BCUT2D eigenvalue weighted by atomic mass is 35.5. The van der Waals surface area contributed by atoms with E-state index >= 15 is 0 Å². The lowest BCUT2D eigenvalue weighted by Gasteiger charge is -2.04. The zero-order valence-corrected chi connectivity index (χ0v) is 16.7. The van der Waals surface area contributed by atoms with Gasteiger partial charge in [0.15, 0.2) is 15.0 Å². The van der Waals surface area contributed by atoms with Gasteiger partial charge in [-0.15, -0.1) is 11.3 Å². The van der Waals surface area contributed by atoms with Gasteiger partial charge in [0.05, 0.1) is 17.0 Å². The van der Waals surface area contributed by atoms with Crippen LogP contribution < -0.4 is 10.6 Å². The van der Waals surface area contributed by atoms with Gasteiger partial charge in [0.2, 0.25) is 5.91 Å². The number of halogens is 1. The van der Waals surface area contributed by atoms with Gasteiger partial charge in [-0.1, -0.05) is 11.6 Å². The third-order valence-electron chi connectivity index (χ3n) is 3.56. The van der Waals surface area contributed by atoms with Crippen molar-refractivity contribution in [2.24, 2.45) is 0 Å². The minimum absolute atomic E-state index is 0.147. The van der Waals surface area contributed by atoms with Crippen molar-refractivity contribution in [2.75, 3.05) is 16.9 Å². The molecule has 0 radical (unpaired) electrons. The van der Waals surface area contributed by atoms with E-state index < -0.39 is 9.84 Å². The van der Waals surface area contributed by atoms with Crippen LogP contribution in [0.25, 0.3) is 0 Å². The lowest BCUT2D eigenvalue weighted by atomic mass is 10.3. The van der Waals surface area contributed by atoms with Gasteiger partial charge < -0.3 is 10.6 Å². The molecule has 3 rings (SSSR count). The molecular formula is C18H16ClN3O3S2. The van der Waals surface area contributed by atoms with Crippen molar-refractivity contribution in [2.45, 2.75) is 11.3 Å². The van der Waals surface area contributed by atoms with Gasteiger partial charge in [-0.2, -0.15) is 0 Å². The second kappa shape index (κ2) is 8.08. The first-order valence-electron chi connectivity index (χ1n) is 7.86. The number of amides is 1. The summed E-state index contributed by atoms with van der Waals surface area (Å²) >= 11 is 7.19. The molecule has 0 saturated carbocycles. The molecule has 140 valence electrons. The lowest BCUT2D eigenvalue weighted by molar-refractivity contribution is -0.115. The van der Waals surface area contributed by atoms with E-state index in [2.05, 4.69) is 15.6 Å². The van der Waals surface area contributed by atoms with Crippen LogP contribution >= 0.6 is 22.9 Å². The summed E-state index contributed by atoms with van der Waals surface area (Å²) in [4.78, 5) is 16.7. The first kappa shape index (κ1) is 19.3. The highest BCUT2D eigenvalue weighted by molar-refractivity contribution is 7.90. The zero-order chi connectivity index (χ0) is 19.4. The number of nitrogens with one attached hydrogen (secondary N) is 2.